The molecule has 1 unspecified atom stereocenters. The summed E-state index contributed by atoms with van der Waals surface area (Å²) in [7, 11) is 1.79. The van der Waals surface area contributed by atoms with Gasteiger partial charge >= 0.3 is 0 Å². The second-order valence-electron chi connectivity index (χ2n) is 6.26. The van der Waals surface area contributed by atoms with Crippen molar-refractivity contribution in [1.82, 2.24) is 14.9 Å². The number of likely N-dealkylation sites (tertiary alicyclic amines) is 1. The predicted molar refractivity (Wildman–Crippen MR) is 97.5 cm³/mol. The molecule has 6 nitrogen and oxygen atoms in total. The minimum absolute atomic E-state index is 0.0962. The molecule has 24 heavy (non-hydrogen) atoms. The number of rotatable bonds is 6. The fourth-order valence-corrected chi connectivity index (χ4v) is 3.52. The fourth-order valence-electron chi connectivity index (χ4n) is 2.89. The van der Waals surface area contributed by atoms with Crippen molar-refractivity contribution in [2.75, 3.05) is 43.4 Å². The summed E-state index contributed by atoms with van der Waals surface area (Å²) in [4.78, 5) is 24.7. The molecule has 1 atom stereocenters. The van der Waals surface area contributed by atoms with Gasteiger partial charge in [-0.25, -0.2) is 9.97 Å². The number of anilines is 2. The molecule has 0 aromatic carbocycles. The Hall–Kier alpha value is -1.99. The van der Waals surface area contributed by atoms with Crippen molar-refractivity contribution >= 4 is 28.2 Å². The number of hydrogen-bond donors (Lipinski definition) is 1. The molecule has 1 aliphatic rings. The Kier molecular flexibility index (Phi) is 5.42. The van der Waals surface area contributed by atoms with Crippen molar-refractivity contribution < 1.29 is 4.79 Å². The molecule has 7 heteroatoms. The van der Waals surface area contributed by atoms with E-state index in [0.29, 0.717) is 12.5 Å². The Morgan fingerprint density at radius 2 is 2.33 bits per heavy atom. The summed E-state index contributed by atoms with van der Waals surface area (Å²) >= 11 is 1.48. The van der Waals surface area contributed by atoms with Gasteiger partial charge in [0.2, 0.25) is 5.91 Å². The topological polar surface area (TPSA) is 61.4 Å². The van der Waals surface area contributed by atoms with E-state index in [1.54, 1.807) is 18.1 Å². The van der Waals surface area contributed by atoms with E-state index in [2.05, 4.69) is 33.2 Å². The van der Waals surface area contributed by atoms with Crippen molar-refractivity contribution in [3.05, 3.63) is 35.5 Å². The lowest BCUT2D eigenvalue weighted by atomic mass is 10.1. The quantitative estimate of drug-likeness (QED) is 0.870. The van der Waals surface area contributed by atoms with Crippen LogP contribution in [-0.4, -0.2) is 54.0 Å². The van der Waals surface area contributed by atoms with Crippen LogP contribution in [0.5, 0.6) is 0 Å². The maximum atomic E-state index is 12.3. The first-order valence-corrected chi connectivity index (χ1v) is 9.04. The summed E-state index contributed by atoms with van der Waals surface area (Å²) in [5.74, 6) is 1.57. The summed E-state index contributed by atoms with van der Waals surface area (Å²) in [6, 6.07) is 4.05. The van der Waals surface area contributed by atoms with Crippen LogP contribution < -0.4 is 10.2 Å². The Bertz CT molecular complexity index is 675. The minimum atomic E-state index is 0.0962. The summed E-state index contributed by atoms with van der Waals surface area (Å²) in [5, 5.41) is 6.04. The standard InChI is InChI=1S/C17H23N5OS/c1-13-3-5-18-15(9-13)20-10-14-4-7-22(11-14)12-16(23)21(2)17-19-6-8-24-17/h3,5-6,8-9,14H,4,7,10-12H2,1-2H3,(H,18,20). The van der Waals surface area contributed by atoms with Crippen molar-refractivity contribution in [3.63, 3.8) is 0 Å². The van der Waals surface area contributed by atoms with Crippen LogP contribution in [-0.2, 0) is 4.79 Å². The smallest absolute Gasteiger partial charge is 0.242 e. The van der Waals surface area contributed by atoms with Gasteiger partial charge < -0.3 is 5.32 Å². The zero-order valence-electron chi connectivity index (χ0n) is 14.1. The minimum Gasteiger partial charge on any atom is -0.370 e. The van der Waals surface area contributed by atoms with Gasteiger partial charge in [-0.1, -0.05) is 0 Å². The number of carbonyl (C=O) groups excluding carboxylic acids is 1. The molecule has 1 N–H and O–H groups in total. The Morgan fingerprint density at radius 1 is 1.46 bits per heavy atom. The molecule has 2 aromatic heterocycles. The number of likely N-dealkylation sites (N-methyl/N-ethyl adjacent to an activating group) is 1. The number of nitrogens with zero attached hydrogens (tertiary/aromatic N) is 4. The summed E-state index contributed by atoms with van der Waals surface area (Å²) < 4.78 is 0. The maximum Gasteiger partial charge on any atom is 0.242 e. The van der Waals surface area contributed by atoms with Gasteiger partial charge in [0, 0.05) is 37.9 Å². The molecule has 2 aromatic rings. The van der Waals surface area contributed by atoms with Crippen LogP contribution in [0, 0.1) is 12.8 Å². The highest BCUT2D eigenvalue weighted by atomic mass is 32.1. The highest BCUT2D eigenvalue weighted by molar-refractivity contribution is 7.13. The number of carbonyl (C=O) groups is 1. The van der Waals surface area contributed by atoms with Crippen LogP contribution >= 0.6 is 11.3 Å². The van der Waals surface area contributed by atoms with Gasteiger partial charge in [0.05, 0.1) is 6.54 Å². The van der Waals surface area contributed by atoms with Gasteiger partial charge in [-0.05, 0) is 43.5 Å². The van der Waals surface area contributed by atoms with Gasteiger partial charge in [-0.15, -0.1) is 11.3 Å². The molecule has 128 valence electrons. The van der Waals surface area contributed by atoms with E-state index in [1.165, 1.54) is 16.9 Å². The van der Waals surface area contributed by atoms with Gasteiger partial charge in [0.15, 0.2) is 5.13 Å². The van der Waals surface area contributed by atoms with Crippen molar-refractivity contribution in [1.29, 1.82) is 0 Å². The first-order chi connectivity index (χ1) is 11.6. The SMILES string of the molecule is Cc1ccnc(NCC2CCN(CC(=O)N(C)c3nccs3)C2)c1. The molecule has 1 amide bonds. The summed E-state index contributed by atoms with van der Waals surface area (Å²) in [6.07, 6.45) is 4.65. The number of thiazole rings is 1. The van der Waals surface area contributed by atoms with E-state index in [0.717, 1.165) is 37.0 Å². The summed E-state index contributed by atoms with van der Waals surface area (Å²) in [5.41, 5.74) is 1.20. The third kappa shape index (κ3) is 4.30. The van der Waals surface area contributed by atoms with Crippen LogP contribution in [0.2, 0.25) is 0 Å². The number of aryl methyl sites for hydroxylation is 1. The normalized spacial score (nSPS) is 17.8. The first-order valence-electron chi connectivity index (χ1n) is 8.17. The van der Waals surface area contributed by atoms with Gasteiger partial charge in [0.25, 0.3) is 0 Å². The molecule has 0 bridgehead atoms. The van der Waals surface area contributed by atoms with E-state index in [4.69, 9.17) is 0 Å². The lowest BCUT2D eigenvalue weighted by Crippen LogP contribution is -2.37. The van der Waals surface area contributed by atoms with Crippen LogP contribution in [0.15, 0.2) is 29.9 Å². The van der Waals surface area contributed by atoms with E-state index >= 15 is 0 Å². The molecule has 3 heterocycles. The molecular weight excluding hydrogens is 322 g/mol. The lowest BCUT2D eigenvalue weighted by molar-refractivity contribution is -0.119. The first kappa shape index (κ1) is 16.9. The van der Waals surface area contributed by atoms with Gasteiger partial charge in [0.1, 0.15) is 5.82 Å². The largest absolute Gasteiger partial charge is 0.370 e. The van der Waals surface area contributed by atoms with E-state index in [9.17, 15) is 4.79 Å². The molecule has 1 fully saturated rings. The molecule has 1 saturated heterocycles. The fraction of sp³-hybridized carbons (Fsp3) is 0.471. The Morgan fingerprint density at radius 3 is 3.08 bits per heavy atom. The Balaban J connectivity index is 1.44. The average Bonchev–Trinajstić information content (AvgIpc) is 3.24. The van der Waals surface area contributed by atoms with Crippen LogP contribution in [0.4, 0.5) is 10.9 Å². The van der Waals surface area contributed by atoms with Crippen molar-refractivity contribution in [2.45, 2.75) is 13.3 Å². The monoisotopic (exact) mass is 345 g/mol. The second-order valence-corrected chi connectivity index (χ2v) is 7.13. The third-order valence-electron chi connectivity index (χ3n) is 4.30. The number of amides is 1. The van der Waals surface area contributed by atoms with Gasteiger partial charge in [-0.3, -0.25) is 14.6 Å². The zero-order chi connectivity index (χ0) is 16.9. The molecule has 0 radical (unpaired) electrons. The van der Waals surface area contributed by atoms with E-state index < -0.39 is 0 Å². The second kappa shape index (κ2) is 7.72. The molecule has 0 aliphatic carbocycles. The van der Waals surface area contributed by atoms with Crippen molar-refractivity contribution in [3.8, 4) is 0 Å². The number of pyridine rings is 1. The molecule has 0 saturated carbocycles. The Labute approximate surface area is 146 Å². The van der Waals surface area contributed by atoms with E-state index in [-0.39, 0.29) is 5.91 Å². The molecule has 0 spiro atoms. The van der Waals surface area contributed by atoms with Crippen LogP contribution in [0.25, 0.3) is 0 Å². The lowest BCUT2D eigenvalue weighted by Gasteiger charge is -2.20. The highest BCUT2D eigenvalue weighted by Crippen LogP contribution is 2.19. The summed E-state index contributed by atoms with van der Waals surface area (Å²) in [6.45, 7) is 5.31. The number of aromatic nitrogens is 2. The predicted octanol–water partition coefficient (Wildman–Crippen LogP) is 2.24. The maximum absolute atomic E-state index is 12.3. The highest BCUT2D eigenvalue weighted by Gasteiger charge is 2.25. The van der Waals surface area contributed by atoms with Crippen LogP contribution in [0.3, 0.4) is 0 Å². The van der Waals surface area contributed by atoms with Crippen molar-refractivity contribution in [2.24, 2.45) is 5.92 Å². The van der Waals surface area contributed by atoms with E-state index in [1.807, 2.05) is 17.6 Å². The molecule has 1 aliphatic heterocycles. The molecule has 3 rings (SSSR count). The molecular formula is C17H23N5OS. The van der Waals surface area contributed by atoms with Gasteiger partial charge in [-0.2, -0.15) is 0 Å². The number of nitrogens with one attached hydrogen (secondary N) is 1. The number of hydrogen-bond acceptors (Lipinski definition) is 6. The average molecular weight is 345 g/mol. The zero-order valence-corrected chi connectivity index (χ0v) is 14.9. The third-order valence-corrected chi connectivity index (χ3v) is 5.14. The van der Waals surface area contributed by atoms with Crippen LogP contribution in [0.1, 0.15) is 12.0 Å².